The van der Waals surface area contributed by atoms with E-state index in [0.717, 1.165) is 0 Å². The van der Waals surface area contributed by atoms with E-state index in [4.69, 9.17) is 21.1 Å². The summed E-state index contributed by atoms with van der Waals surface area (Å²) in [7, 11) is -0.596. The molecule has 0 aliphatic carbocycles. The Kier molecular flexibility index (Phi) is 7.61. The molecule has 9 heteroatoms. The van der Waals surface area contributed by atoms with Gasteiger partial charge in [0.15, 0.2) is 0 Å². The summed E-state index contributed by atoms with van der Waals surface area (Å²) < 4.78 is 36.9. The summed E-state index contributed by atoms with van der Waals surface area (Å²) in [6, 6.07) is 10.6. The Morgan fingerprint density at radius 3 is 2.44 bits per heavy atom. The van der Waals surface area contributed by atoms with Crippen molar-refractivity contribution in [2.45, 2.75) is 11.3 Å². The van der Waals surface area contributed by atoms with Crippen LogP contribution < -0.4 is 14.8 Å². The van der Waals surface area contributed by atoms with Crippen LogP contribution >= 0.6 is 11.6 Å². The van der Waals surface area contributed by atoms with Crippen molar-refractivity contribution in [3.05, 3.63) is 53.1 Å². The minimum atomic E-state index is -3.61. The highest BCUT2D eigenvalue weighted by molar-refractivity contribution is 7.89. The second-order valence-electron chi connectivity index (χ2n) is 5.57. The van der Waals surface area contributed by atoms with E-state index in [2.05, 4.69) is 10.0 Å². The smallest absolute Gasteiger partial charge is 0.259 e. The van der Waals surface area contributed by atoms with E-state index in [0.29, 0.717) is 29.5 Å². The minimum Gasteiger partial charge on any atom is -0.496 e. The van der Waals surface area contributed by atoms with E-state index >= 15 is 0 Å². The lowest BCUT2D eigenvalue weighted by Gasteiger charge is -2.11. The molecule has 7 nitrogen and oxygen atoms in total. The van der Waals surface area contributed by atoms with Crippen LogP contribution in [0.1, 0.15) is 16.8 Å². The Labute approximate surface area is 163 Å². The van der Waals surface area contributed by atoms with Crippen LogP contribution in [0.2, 0.25) is 5.02 Å². The fourth-order valence-electron chi connectivity index (χ4n) is 2.28. The lowest BCUT2D eigenvalue weighted by molar-refractivity contribution is 0.102. The summed E-state index contributed by atoms with van der Waals surface area (Å²) >= 11 is 5.94. The van der Waals surface area contributed by atoms with Gasteiger partial charge in [0.2, 0.25) is 10.0 Å². The highest BCUT2D eigenvalue weighted by atomic mass is 35.5. The first-order chi connectivity index (χ1) is 12.9. The van der Waals surface area contributed by atoms with Crippen LogP contribution in [-0.2, 0) is 14.8 Å². The fourth-order valence-corrected chi connectivity index (χ4v) is 3.53. The molecule has 0 saturated heterocycles. The normalized spacial score (nSPS) is 11.2. The maximum atomic E-state index is 12.4. The minimum absolute atomic E-state index is 0.109. The zero-order valence-electron chi connectivity index (χ0n) is 15.0. The maximum Gasteiger partial charge on any atom is 0.259 e. The van der Waals surface area contributed by atoms with Crippen LogP contribution in [-0.4, -0.2) is 41.7 Å². The van der Waals surface area contributed by atoms with Gasteiger partial charge in [0.05, 0.1) is 17.6 Å². The van der Waals surface area contributed by atoms with Crippen molar-refractivity contribution < 1.29 is 22.7 Å². The number of carbonyl (C=O) groups excluding carboxylic acids is 1. The number of ether oxygens (including phenoxy) is 2. The van der Waals surface area contributed by atoms with Crippen molar-refractivity contribution in [3.8, 4) is 5.75 Å². The third-order valence-electron chi connectivity index (χ3n) is 3.65. The molecule has 0 aromatic heterocycles. The van der Waals surface area contributed by atoms with E-state index in [-0.39, 0.29) is 17.0 Å². The number of methoxy groups -OCH3 is 2. The molecule has 0 heterocycles. The quantitative estimate of drug-likeness (QED) is 0.617. The van der Waals surface area contributed by atoms with Gasteiger partial charge < -0.3 is 14.8 Å². The number of carbonyl (C=O) groups is 1. The van der Waals surface area contributed by atoms with Gasteiger partial charge in [0, 0.05) is 31.0 Å². The molecular weight excluding hydrogens is 392 g/mol. The third-order valence-corrected chi connectivity index (χ3v) is 5.36. The van der Waals surface area contributed by atoms with Gasteiger partial charge in [0.1, 0.15) is 5.75 Å². The van der Waals surface area contributed by atoms with Crippen LogP contribution in [0.15, 0.2) is 47.4 Å². The number of rotatable bonds is 9. The van der Waals surface area contributed by atoms with Crippen molar-refractivity contribution in [1.82, 2.24) is 4.72 Å². The number of sulfonamides is 1. The molecule has 2 aromatic carbocycles. The van der Waals surface area contributed by atoms with Gasteiger partial charge in [-0.15, -0.1) is 0 Å². The second kappa shape index (κ2) is 9.70. The molecule has 146 valence electrons. The van der Waals surface area contributed by atoms with Gasteiger partial charge in [0.25, 0.3) is 5.91 Å². The van der Waals surface area contributed by atoms with E-state index in [9.17, 15) is 13.2 Å². The largest absolute Gasteiger partial charge is 0.496 e. The lowest BCUT2D eigenvalue weighted by Crippen LogP contribution is -2.25. The first-order valence-electron chi connectivity index (χ1n) is 8.11. The number of benzene rings is 2. The Hall–Kier alpha value is -2.13. The van der Waals surface area contributed by atoms with Crippen molar-refractivity contribution in [3.63, 3.8) is 0 Å². The summed E-state index contributed by atoms with van der Waals surface area (Å²) in [6.45, 7) is 0.754. The molecule has 1 amide bonds. The standard InChI is InChI=1S/C18H21ClN2O5S/c1-25-11-3-10-20-27(23,24)15-7-5-14(6-8-15)21-18(22)16-12-13(19)4-9-17(16)26-2/h4-9,12,20H,3,10-11H2,1-2H3,(H,21,22). The summed E-state index contributed by atoms with van der Waals surface area (Å²) in [4.78, 5) is 12.5. The molecular formula is C18H21ClN2O5S. The van der Waals surface area contributed by atoms with Gasteiger partial charge in [-0.1, -0.05) is 11.6 Å². The van der Waals surface area contributed by atoms with Gasteiger partial charge in [-0.25, -0.2) is 13.1 Å². The maximum absolute atomic E-state index is 12.4. The van der Waals surface area contributed by atoms with Crippen LogP contribution in [0.4, 0.5) is 5.69 Å². The van der Waals surface area contributed by atoms with Crippen LogP contribution in [0.3, 0.4) is 0 Å². The zero-order valence-corrected chi connectivity index (χ0v) is 16.6. The Morgan fingerprint density at radius 1 is 1.11 bits per heavy atom. The van der Waals surface area contributed by atoms with E-state index in [1.54, 1.807) is 19.2 Å². The Morgan fingerprint density at radius 2 is 1.81 bits per heavy atom. The first-order valence-corrected chi connectivity index (χ1v) is 9.97. The number of hydrogen-bond donors (Lipinski definition) is 2. The predicted molar refractivity (Wildman–Crippen MR) is 104 cm³/mol. The molecule has 0 aliphatic rings. The summed E-state index contributed by atoms with van der Waals surface area (Å²) in [5.74, 6) is -0.0287. The molecule has 2 aromatic rings. The topological polar surface area (TPSA) is 93.7 Å². The average molecular weight is 413 g/mol. The Balaban J connectivity index is 2.07. The molecule has 2 N–H and O–H groups in total. The van der Waals surface area contributed by atoms with Gasteiger partial charge in [-0.05, 0) is 48.9 Å². The monoisotopic (exact) mass is 412 g/mol. The summed E-state index contributed by atoms with van der Waals surface area (Å²) in [5, 5.41) is 3.09. The van der Waals surface area contributed by atoms with Gasteiger partial charge in [-0.3, -0.25) is 4.79 Å². The SMILES string of the molecule is COCCCNS(=O)(=O)c1ccc(NC(=O)c2cc(Cl)ccc2OC)cc1. The van der Waals surface area contributed by atoms with Crippen molar-refractivity contribution >= 4 is 33.2 Å². The molecule has 0 spiro atoms. The van der Waals surface area contributed by atoms with E-state index < -0.39 is 15.9 Å². The zero-order chi connectivity index (χ0) is 19.9. The number of nitrogens with one attached hydrogen (secondary N) is 2. The molecule has 0 fully saturated rings. The summed E-state index contributed by atoms with van der Waals surface area (Å²) in [6.07, 6.45) is 0.575. The lowest BCUT2D eigenvalue weighted by atomic mass is 10.2. The van der Waals surface area contributed by atoms with Crippen molar-refractivity contribution in [2.75, 3.05) is 32.7 Å². The van der Waals surface area contributed by atoms with Crippen molar-refractivity contribution in [2.24, 2.45) is 0 Å². The highest BCUT2D eigenvalue weighted by Crippen LogP contribution is 2.24. The van der Waals surface area contributed by atoms with Crippen LogP contribution in [0.25, 0.3) is 0 Å². The Bertz CT molecular complexity index is 885. The third kappa shape index (κ3) is 5.93. The molecule has 0 unspecified atom stereocenters. The molecule has 0 radical (unpaired) electrons. The molecule has 0 atom stereocenters. The second-order valence-corrected chi connectivity index (χ2v) is 7.77. The molecule has 0 saturated carbocycles. The summed E-state index contributed by atoms with van der Waals surface area (Å²) in [5.41, 5.74) is 0.724. The van der Waals surface area contributed by atoms with Gasteiger partial charge in [-0.2, -0.15) is 0 Å². The predicted octanol–water partition coefficient (Wildman–Crippen LogP) is 2.92. The number of anilines is 1. The van der Waals surface area contributed by atoms with Gasteiger partial charge >= 0.3 is 0 Å². The van der Waals surface area contributed by atoms with Crippen molar-refractivity contribution in [1.29, 1.82) is 0 Å². The molecule has 2 rings (SSSR count). The molecule has 27 heavy (non-hydrogen) atoms. The number of hydrogen-bond acceptors (Lipinski definition) is 5. The average Bonchev–Trinajstić information content (AvgIpc) is 2.65. The number of amides is 1. The molecule has 0 bridgehead atoms. The van der Waals surface area contributed by atoms with Crippen LogP contribution in [0.5, 0.6) is 5.75 Å². The van der Waals surface area contributed by atoms with E-state index in [1.807, 2.05) is 0 Å². The number of halogens is 1. The van der Waals surface area contributed by atoms with E-state index in [1.165, 1.54) is 37.4 Å². The first kappa shape index (κ1) is 21.2. The highest BCUT2D eigenvalue weighted by Gasteiger charge is 2.15. The fraction of sp³-hybridized carbons (Fsp3) is 0.278. The molecule has 0 aliphatic heterocycles. The van der Waals surface area contributed by atoms with Crippen LogP contribution in [0, 0.1) is 0 Å².